The Labute approximate surface area is 642 Å². The van der Waals surface area contributed by atoms with Crippen LogP contribution < -0.4 is 5.32 Å². The van der Waals surface area contributed by atoms with E-state index >= 15 is 0 Å². The van der Waals surface area contributed by atoms with Gasteiger partial charge in [-0.25, -0.2) is 33.6 Å². The van der Waals surface area contributed by atoms with Crippen molar-refractivity contribution in [1.82, 2.24) is 84.3 Å². The number of likely N-dealkylation sites (N-methyl/N-ethyl adjacent to an activating group) is 1. The summed E-state index contributed by atoms with van der Waals surface area (Å²) in [4.78, 5) is 131. The third kappa shape index (κ3) is 15.7. The van der Waals surface area contributed by atoms with Gasteiger partial charge in [-0.2, -0.15) is 40.6 Å². The molecule has 12 heterocycles. The summed E-state index contributed by atoms with van der Waals surface area (Å²) in [6.07, 6.45) is 16.3. The number of carbonyl (C=O) groups is 8. The lowest BCUT2D eigenvalue weighted by Crippen LogP contribution is -2.43. The number of aryl methyl sites for hydroxylation is 4. The van der Waals surface area contributed by atoms with Crippen molar-refractivity contribution in [3.63, 3.8) is 0 Å². The molecule has 4 aromatic heterocycles. The number of nitrogens with zero attached hydrogens (tertiary/aromatic N) is 16. The molecule has 111 heavy (non-hydrogen) atoms. The van der Waals surface area contributed by atoms with Crippen LogP contribution in [0, 0.1) is 0 Å². The van der Waals surface area contributed by atoms with Crippen LogP contribution in [0.3, 0.4) is 0 Å². The number of carboxylic acid groups (broad SMARTS) is 1. The maximum absolute atomic E-state index is 13.1. The first-order valence-electron chi connectivity index (χ1n) is 37.9. The monoisotopic (exact) mass is 1520 g/mol. The first kappa shape index (κ1) is 77.7. The van der Waals surface area contributed by atoms with E-state index in [0.717, 1.165) is 120 Å². The molecule has 0 spiro atoms. The molecule has 4 fully saturated rings. The van der Waals surface area contributed by atoms with Gasteiger partial charge in [-0.05, 0) is 41.5 Å². The third-order valence-electron chi connectivity index (χ3n) is 21.2. The summed E-state index contributed by atoms with van der Waals surface area (Å²) in [6.45, 7) is 11.0. The van der Waals surface area contributed by atoms with Gasteiger partial charge in [0.25, 0.3) is 0 Å². The van der Waals surface area contributed by atoms with E-state index < -0.39 is 48.1 Å². The van der Waals surface area contributed by atoms with Crippen LogP contribution in [-0.4, -0.2) is 179 Å². The van der Waals surface area contributed by atoms with Crippen molar-refractivity contribution in [2.45, 2.75) is 173 Å². The van der Waals surface area contributed by atoms with E-state index in [4.69, 9.17) is 28.8 Å². The summed E-state index contributed by atoms with van der Waals surface area (Å²) >= 11 is 0. The molecule has 586 valence electrons. The second-order valence-corrected chi connectivity index (χ2v) is 28.1. The Morgan fingerprint density at radius 2 is 0.685 bits per heavy atom. The fourth-order valence-electron chi connectivity index (χ4n) is 15.6. The summed E-state index contributed by atoms with van der Waals surface area (Å²) in [5.74, 6) is -2.20. The number of unbranched alkanes of at least 4 members (excludes halogenated alkanes) is 6. The minimum Gasteiger partial charge on any atom is -0.479 e. The first-order valence-corrected chi connectivity index (χ1v) is 37.9. The molecule has 32 nitrogen and oxygen atoms in total. The van der Waals surface area contributed by atoms with Crippen molar-refractivity contribution >= 4 is 47.9 Å². The predicted octanol–water partition coefficient (Wildman–Crippen LogP) is 10.7. The highest BCUT2D eigenvalue weighted by atomic mass is 16.7. The number of hydroxylamine groups is 8. The Morgan fingerprint density at radius 3 is 0.991 bits per heavy atom. The van der Waals surface area contributed by atoms with Crippen LogP contribution >= 0.6 is 0 Å². The zero-order valence-electron chi connectivity index (χ0n) is 63.4. The van der Waals surface area contributed by atoms with Crippen molar-refractivity contribution in [3.05, 3.63) is 213 Å². The second kappa shape index (κ2) is 35.0. The lowest BCUT2D eigenvalue weighted by Gasteiger charge is -2.30. The van der Waals surface area contributed by atoms with Gasteiger partial charge in [0, 0.05) is 56.0 Å². The predicted molar refractivity (Wildman–Crippen MR) is 397 cm³/mol. The molecule has 0 saturated carbocycles. The van der Waals surface area contributed by atoms with Crippen LogP contribution in [0.4, 0.5) is 19.2 Å². The second-order valence-electron chi connectivity index (χ2n) is 28.1. The van der Waals surface area contributed by atoms with Crippen molar-refractivity contribution in [2.24, 2.45) is 7.05 Å². The number of carbonyl (C=O) groups excluding carboxylic acids is 7. The zero-order chi connectivity index (χ0) is 78.0. The minimum atomic E-state index is -1.05. The Balaban J connectivity index is 0.000000130. The number of carboxylic acids is 1. The molecule has 4 aromatic carbocycles. The highest BCUT2D eigenvalue weighted by molar-refractivity contribution is 5.91. The molecule has 9 amide bonds. The highest BCUT2D eigenvalue weighted by Crippen LogP contribution is 2.49. The van der Waals surface area contributed by atoms with Crippen molar-refractivity contribution < 1.29 is 72.3 Å². The number of benzene rings is 4. The number of nitrogens with one attached hydrogen (secondary N) is 1. The van der Waals surface area contributed by atoms with Crippen molar-refractivity contribution in [1.29, 1.82) is 0 Å². The molecule has 8 aliphatic rings. The standard InChI is InChI=1S/C21H27N5O3.C21H26N4O4.C20H24N4O4.C17H18N4O4/c1-3-4-8-11-25-18-16(12-23-25)17-13-24(19(18)20(27)22-2)21(28)26(17)29-14-15-9-6-5-7-10-15;1-3-4-8-11-24-18-16(12-22-24)17-13-23(19(18)20(26)28-2)21(27)25(17)29-14-15-9-6-5-7-10-15;1-2-3-7-10-23-17-15(11-21-23)16-12-22(18(17)19(25)26)20(27)24(16)28-13-14-8-5-4-6-9-14;1-19-14-12(8-18-19)13-9-20(15(14)16(22)24-2)17(23)21(13)25-10-11-6-4-3-5-7-11/h5-7,9-10,12,17,19H,3-4,8,11,13-14H2,1-2H3,(H,22,27);5-7,9-10,12,17,19H,3-4,8,11,13-14H2,1-2H3;4-6,8-9,11,16,18H,2-3,7,10,12-13H2,1H3,(H,25,26);3-8,13,15H,9-10H2,1-2H3/t2*17-,19-;16-,18-;13-,15-/m0000/s1. The van der Waals surface area contributed by atoms with E-state index in [0.29, 0.717) is 50.7 Å². The fraction of sp³-hybridized carbons (Fsp3) is 0.443. The summed E-state index contributed by atoms with van der Waals surface area (Å²) in [7, 11) is 6.00. The number of rotatable bonds is 28. The molecule has 0 aliphatic carbocycles. The summed E-state index contributed by atoms with van der Waals surface area (Å²) in [5, 5.41) is 35.7. The summed E-state index contributed by atoms with van der Waals surface area (Å²) < 4.78 is 17.0. The fourth-order valence-corrected chi connectivity index (χ4v) is 15.6. The molecule has 8 aromatic rings. The van der Waals surface area contributed by atoms with E-state index in [9.17, 15) is 43.5 Å². The van der Waals surface area contributed by atoms with E-state index in [1.807, 2.05) is 131 Å². The quantitative estimate of drug-likeness (QED) is 0.0340. The van der Waals surface area contributed by atoms with Crippen LogP contribution in [0.5, 0.6) is 0 Å². The summed E-state index contributed by atoms with van der Waals surface area (Å²) in [6, 6.07) is 32.7. The van der Waals surface area contributed by atoms with Gasteiger partial charge in [0.2, 0.25) is 5.91 Å². The number of aliphatic carboxylic acids is 1. The molecular formula is C79H95N17O15. The Hall–Kier alpha value is -11.5. The molecule has 32 heteroatoms. The molecule has 8 atom stereocenters. The number of hydrogen-bond donors (Lipinski definition) is 2. The number of hydrogen-bond acceptors (Lipinski definition) is 18. The number of aromatic nitrogens is 8. The van der Waals surface area contributed by atoms with Gasteiger partial charge < -0.3 is 39.5 Å². The maximum Gasteiger partial charge on any atom is 0.345 e. The molecule has 16 rings (SSSR count). The number of esters is 2. The van der Waals surface area contributed by atoms with Gasteiger partial charge >= 0.3 is 42.0 Å². The summed E-state index contributed by atoms with van der Waals surface area (Å²) in [5.41, 5.74) is 9.98. The van der Waals surface area contributed by atoms with Gasteiger partial charge in [0.05, 0.1) is 88.0 Å². The largest absolute Gasteiger partial charge is 0.479 e. The van der Waals surface area contributed by atoms with Gasteiger partial charge in [-0.15, -0.1) is 0 Å². The minimum absolute atomic E-state index is 0.208. The van der Waals surface area contributed by atoms with Gasteiger partial charge in [-0.1, -0.05) is 181 Å². The first-order chi connectivity index (χ1) is 54.0. The normalized spacial score (nSPS) is 20.5. The topological polar surface area (TPSA) is 321 Å². The van der Waals surface area contributed by atoms with E-state index in [2.05, 4.69) is 46.5 Å². The SMILES string of the molecule is CCCCCn1ncc2c1[C@@H](C(=O)NC)N1C[C@@H]2N(OCc2ccccc2)C1=O.CCCCCn1ncc2c1[C@@H](C(=O)O)N1C[C@@H]2N(OCc2ccccc2)C1=O.CCCCCn1ncc2c1[C@@H](C(=O)OC)N1C[C@@H]2N(OCc2ccccc2)C1=O.COC(=O)[C@@H]1c2c(cnn2C)[C@@H]2CN1C(=O)N2OCc1ccccc1. The van der Waals surface area contributed by atoms with Crippen LogP contribution in [-0.2, 0) is 101 Å². The number of urea groups is 4. The van der Waals surface area contributed by atoms with Crippen molar-refractivity contribution in [2.75, 3.05) is 47.4 Å². The molecule has 0 unspecified atom stereocenters. The van der Waals surface area contributed by atoms with Gasteiger partial charge in [0.1, 0.15) is 50.6 Å². The average molecular weight is 1520 g/mol. The molecule has 0 radical (unpaired) electrons. The van der Waals surface area contributed by atoms with Crippen molar-refractivity contribution in [3.8, 4) is 0 Å². The molecule has 8 bridgehead atoms. The Morgan fingerprint density at radius 1 is 0.405 bits per heavy atom. The molecular weight excluding hydrogens is 1430 g/mol. The van der Waals surface area contributed by atoms with E-state index in [1.54, 1.807) is 53.1 Å². The molecule has 4 saturated heterocycles. The van der Waals surface area contributed by atoms with Gasteiger partial charge in [-0.3, -0.25) is 42.9 Å². The van der Waals surface area contributed by atoms with Crippen LogP contribution in [0.25, 0.3) is 0 Å². The lowest BCUT2D eigenvalue weighted by molar-refractivity contribution is -0.147. The number of methoxy groups -OCH3 is 2. The number of amides is 9. The number of fused-ring (bicyclic) bond motifs is 16. The highest BCUT2D eigenvalue weighted by Gasteiger charge is 2.57. The lowest BCUT2D eigenvalue weighted by atomic mass is 9.97. The smallest absolute Gasteiger partial charge is 0.345 e. The average Bonchev–Trinajstić information content (AvgIpc) is 1.60. The molecule has 2 N–H and O–H groups in total. The van der Waals surface area contributed by atoms with E-state index in [-0.39, 0.29) is 74.5 Å². The number of ether oxygens (including phenoxy) is 2. The Kier molecular flexibility index (Phi) is 24.5. The van der Waals surface area contributed by atoms with Gasteiger partial charge in [0.15, 0.2) is 24.2 Å². The third-order valence-corrected chi connectivity index (χ3v) is 21.2. The molecule has 8 aliphatic heterocycles. The van der Waals surface area contributed by atoms with Crippen LogP contribution in [0.1, 0.15) is 194 Å². The van der Waals surface area contributed by atoms with Crippen LogP contribution in [0.15, 0.2) is 146 Å². The van der Waals surface area contributed by atoms with E-state index in [1.165, 1.54) is 49.2 Å². The Bertz CT molecular complexity index is 4450. The maximum atomic E-state index is 13.1. The van der Waals surface area contributed by atoms with Crippen LogP contribution in [0.2, 0.25) is 0 Å². The zero-order valence-corrected chi connectivity index (χ0v) is 63.4.